The Morgan fingerprint density at radius 1 is 1.57 bits per heavy atom. The molecule has 1 saturated carbocycles. The lowest BCUT2D eigenvalue weighted by Gasteiger charge is -2.07. The molecular weight excluding hydrogens is 330 g/mol. The third kappa shape index (κ3) is 3.30. The van der Waals surface area contributed by atoms with Gasteiger partial charge in [0.25, 0.3) is 0 Å². The van der Waals surface area contributed by atoms with Gasteiger partial charge in [-0.25, -0.2) is 0 Å². The zero-order valence-corrected chi connectivity index (χ0v) is 14.2. The normalized spacial score (nSPS) is 15.1. The fourth-order valence-corrected chi connectivity index (χ4v) is 3.77. The second-order valence-corrected chi connectivity index (χ2v) is 7.16. The van der Waals surface area contributed by atoms with E-state index >= 15 is 0 Å². The molecule has 2 aromatic heterocycles. The number of aromatic nitrogens is 3. The quantitative estimate of drug-likeness (QED) is 0.491. The van der Waals surface area contributed by atoms with Gasteiger partial charge in [-0.3, -0.25) is 9.36 Å². The van der Waals surface area contributed by atoms with Crippen LogP contribution in [0.1, 0.15) is 25.8 Å². The molecule has 0 atom stereocenters. The van der Waals surface area contributed by atoms with E-state index in [0.29, 0.717) is 6.04 Å². The molecule has 8 heteroatoms. The number of nitriles is 1. The molecule has 0 saturated heterocycles. The van der Waals surface area contributed by atoms with Gasteiger partial charge in [-0.15, -0.1) is 21.5 Å². The molecule has 0 radical (unpaired) electrons. The summed E-state index contributed by atoms with van der Waals surface area (Å²) in [6, 6.07) is 6.27. The van der Waals surface area contributed by atoms with Crippen molar-refractivity contribution < 1.29 is 4.79 Å². The minimum atomic E-state index is -0.277. The van der Waals surface area contributed by atoms with Crippen LogP contribution in [0, 0.1) is 11.3 Å². The molecule has 1 fully saturated rings. The number of nitrogens with two attached hydrogens (primary N) is 1. The summed E-state index contributed by atoms with van der Waals surface area (Å²) in [7, 11) is 0. The Morgan fingerprint density at radius 2 is 2.35 bits per heavy atom. The van der Waals surface area contributed by atoms with Crippen LogP contribution in [0.25, 0.3) is 10.7 Å². The van der Waals surface area contributed by atoms with Gasteiger partial charge in [-0.2, -0.15) is 5.26 Å². The van der Waals surface area contributed by atoms with Gasteiger partial charge in [0.15, 0.2) is 16.8 Å². The number of allylic oxidation sites excluding steroid dienone is 2. The zero-order valence-electron chi connectivity index (χ0n) is 12.5. The van der Waals surface area contributed by atoms with Crippen LogP contribution in [0.4, 0.5) is 0 Å². The molecule has 1 aliphatic rings. The van der Waals surface area contributed by atoms with Crippen molar-refractivity contribution >= 4 is 28.9 Å². The monoisotopic (exact) mass is 345 g/mol. The number of carbonyl (C=O) groups excluding carboxylic acids is 1. The van der Waals surface area contributed by atoms with Gasteiger partial charge in [0.1, 0.15) is 11.6 Å². The maximum Gasteiger partial charge on any atom is 0.192 e. The van der Waals surface area contributed by atoms with Gasteiger partial charge in [0, 0.05) is 11.7 Å². The number of Topliss-reactive ketones (excluding diaryl/α,β-unsaturated/α-hetero) is 1. The van der Waals surface area contributed by atoms with Crippen LogP contribution >= 0.6 is 23.1 Å². The molecule has 2 N–H and O–H groups in total. The molecule has 1 aliphatic carbocycles. The van der Waals surface area contributed by atoms with E-state index in [4.69, 9.17) is 11.0 Å². The highest BCUT2D eigenvalue weighted by Crippen LogP contribution is 2.41. The lowest BCUT2D eigenvalue weighted by atomic mass is 10.2. The average Bonchev–Trinajstić information content (AvgIpc) is 3.05. The highest BCUT2D eigenvalue weighted by molar-refractivity contribution is 7.99. The highest BCUT2D eigenvalue weighted by Gasteiger charge is 2.30. The van der Waals surface area contributed by atoms with Crippen molar-refractivity contribution in [3.8, 4) is 16.8 Å². The summed E-state index contributed by atoms with van der Waals surface area (Å²) in [4.78, 5) is 13.2. The molecule has 0 unspecified atom stereocenters. The standard InChI is InChI=1S/C15H15N5OS2/c1-9(17)11(7-16)12(21)8-23-15-19-18-14(13-3-2-6-22-13)20(15)10-4-5-10/h2-3,6,10H,4-5,8,17H2,1H3/b11-9-. The summed E-state index contributed by atoms with van der Waals surface area (Å²) in [6.45, 7) is 1.56. The molecule has 23 heavy (non-hydrogen) atoms. The summed E-state index contributed by atoms with van der Waals surface area (Å²) in [6.07, 6.45) is 2.20. The summed E-state index contributed by atoms with van der Waals surface area (Å²) in [5.74, 6) is 0.705. The Morgan fingerprint density at radius 3 is 2.91 bits per heavy atom. The second-order valence-electron chi connectivity index (χ2n) is 5.27. The predicted molar refractivity (Wildman–Crippen MR) is 89.8 cm³/mol. The van der Waals surface area contributed by atoms with Crippen LogP contribution in [0.2, 0.25) is 0 Å². The molecule has 118 valence electrons. The molecule has 0 bridgehead atoms. The number of rotatable bonds is 6. The summed E-state index contributed by atoms with van der Waals surface area (Å²) >= 11 is 2.93. The Labute approximate surface area is 142 Å². The molecule has 2 aromatic rings. The van der Waals surface area contributed by atoms with Crippen molar-refractivity contribution in [1.82, 2.24) is 14.8 Å². The number of thiophene rings is 1. The third-order valence-electron chi connectivity index (χ3n) is 3.44. The number of hydrogen-bond acceptors (Lipinski definition) is 7. The zero-order chi connectivity index (χ0) is 16.4. The van der Waals surface area contributed by atoms with Crippen LogP contribution in [0.15, 0.2) is 33.9 Å². The van der Waals surface area contributed by atoms with Crippen LogP contribution in [0.5, 0.6) is 0 Å². The van der Waals surface area contributed by atoms with Crippen molar-refractivity contribution in [2.24, 2.45) is 5.73 Å². The predicted octanol–water partition coefficient (Wildman–Crippen LogP) is 2.76. The van der Waals surface area contributed by atoms with Crippen molar-refractivity contribution in [3.05, 3.63) is 28.8 Å². The van der Waals surface area contributed by atoms with Gasteiger partial charge in [0.2, 0.25) is 0 Å². The first-order valence-electron chi connectivity index (χ1n) is 7.13. The number of hydrogen-bond donors (Lipinski definition) is 1. The smallest absolute Gasteiger partial charge is 0.192 e. The molecule has 2 heterocycles. The van der Waals surface area contributed by atoms with E-state index in [1.165, 1.54) is 11.8 Å². The summed E-state index contributed by atoms with van der Waals surface area (Å²) in [5.41, 5.74) is 5.84. The summed E-state index contributed by atoms with van der Waals surface area (Å²) < 4.78 is 2.11. The molecule has 6 nitrogen and oxygen atoms in total. The maximum absolute atomic E-state index is 12.1. The fourth-order valence-electron chi connectivity index (χ4n) is 2.18. The van der Waals surface area contributed by atoms with Crippen molar-refractivity contribution in [1.29, 1.82) is 5.26 Å². The van der Waals surface area contributed by atoms with E-state index < -0.39 is 0 Å². The van der Waals surface area contributed by atoms with Crippen molar-refractivity contribution in [3.63, 3.8) is 0 Å². The SMILES string of the molecule is C/C(N)=C(\C#N)C(=O)CSc1nnc(-c2cccs2)n1C1CC1. The van der Waals surface area contributed by atoms with E-state index in [1.54, 1.807) is 18.3 Å². The Kier molecular flexibility index (Phi) is 4.50. The van der Waals surface area contributed by atoms with Crippen molar-refractivity contribution in [2.45, 2.75) is 31.0 Å². The average molecular weight is 345 g/mol. The van der Waals surface area contributed by atoms with Gasteiger partial charge in [0.05, 0.1) is 10.6 Å². The molecular formula is C15H15N5OS2. The first kappa shape index (κ1) is 15.8. The van der Waals surface area contributed by atoms with E-state index in [9.17, 15) is 4.79 Å². The maximum atomic E-state index is 12.1. The van der Waals surface area contributed by atoms with Crippen LogP contribution in [0.3, 0.4) is 0 Å². The Bertz CT molecular complexity index is 792. The van der Waals surface area contributed by atoms with Crippen LogP contribution < -0.4 is 5.73 Å². The minimum Gasteiger partial charge on any atom is -0.401 e. The van der Waals surface area contributed by atoms with E-state index in [0.717, 1.165) is 28.7 Å². The molecule has 3 rings (SSSR count). The first-order valence-corrected chi connectivity index (χ1v) is 8.99. The second kappa shape index (κ2) is 6.56. The molecule has 0 aromatic carbocycles. The Hall–Kier alpha value is -2.11. The van der Waals surface area contributed by atoms with Gasteiger partial charge in [-0.1, -0.05) is 17.8 Å². The molecule has 0 amide bonds. The van der Waals surface area contributed by atoms with Gasteiger partial charge in [-0.05, 0) is 31.2 Å². The molecule has 0 aliphatic heterocycles. The number of ketones is 1. The Balaban J connectivity index is 1.81. The van der Waals surface area contributed by atoms with Gasteiger partial charge >= 0.3 is 0 Å². The van der Waals surface area contributed by atoms with Crippen LogP contribution in [-0.4, -0.2) is 26.3 Å². The lowest BCUT2D eigenvalue weighted by Crippen LogP contribution is -2.11. The van der Waals surface area contributed by atoms with Crippen molar-refractivity contribution in [2.75, 3.05) is 5.75 Å². The van der Waals surface area contributed by atoms with E-state index in [2.05, 4.69) is 14.8 Å². The largest absolute Gasteiger partial charge is 0.401 e. The van der Waals surface area contributed by atoms with Gasteiger partial charge < -0.3 is 5.73 Å². The third-order valence-corrected chi connectivity index (χ3v) is 5.24. The number of nitrogens with zero attached hydrogens (tertiary/aromatic N) is 4. The number of thioether (sulfide) groups is 1. The highest BCUT2D eigenvalue weighted by atomic mass is 32.2. The topological polar surface area (TPSA) is 97.6 Å². The van der Waals surface area contributed by atoms with Crippen LogP contribution in [-0.2, 0) is 4.79 Å². The minimum absolute atomic E-state index is 0.0217. The lowest BCUT2D eigenvalue weighted by molar-refractivity contribution is -0.112. The number of carbonyl (C=O) groups is 1. The first-order chi connectivity index (χ1) is 11.1. The summed E-state index contributed by atoms with van der Waals surface area (Å²) in [5, 5.41) is 20.2. The van der Waals surface area contributed by atoms with E-state index in [1.807, 2.05) is 23.6 Å². The molecule has 0 spiro atoms. The van der Waals surface area contributed by atoms with E-state index in [-0.39, 0.29) is 22.8 Å². The fraction of sp³-hybridized carbons (Fsp3) is 0.333.